The summed E-state index contributed by atoms with van der Waals surface area (Å²) in [5, 5.41) is 0.660. The van der Waals surface area contributed by atoms with Crippen molar-refractivity contribution in [3.05, 3.63) is 64.2 Å². The Labute approximate surface area is 171 Å². The molecule has 0 atom stereocenters. The van der Waals surface area contributed by atoms with E-state index in [4.69, 9.17) is 16.3 Å². The lowest BCUT2D eigenvalue weighted by Gasteiger charge is -2.19. The molecule has 0 spiro atoms. The Morgan fingerprint density at radius 1 is 1.04 bits per heavy atom. The number of amides is 2. The van der Waals surface area contributed by atoms with Crippen molar-refractivity contribution < 1.29 is 14.3 Å². The number of aryl methyl sites for hydroxylation is 1. The van der Waals surface area contributed by atoms with Crippen LogP contribution in [0, 0.1) is 6.92 Å². The van der Waals surface area contributed by atoms with Gasteiger partial charge in [-0.2, -0.15) is 0 Å². The molecule has 150 valence electrons. The highest BCUT2D eigenvalue weighted by molar-refractivity contribution is 6.30. The lowest BCUT2D eigenvalue weighted by molar-refractivity contribution is -0.122. The standard InChI is InChI=1S/C22H27ClN2O3/c1-15-14-18(23)11-12-19(15)28-13-5-6-20(26)24-25-21(27)16-7-9-17(10-8-16)22(2,3)4/h7-12,14H,5-6,13H2,1-4H3,(H,24,26)(H,25,27). The van der Waals surface area contributed by atoms with E-state index in [9.17, 15) is 9.59 Å². The van der Waals surface area contributed by atoms with Crippen LogP contribution in [0.5, 0.6) is 5.75 Å². The number of rotatable bonds is 6. The first-order chi connectivity index (χ1) is 13.2. The number of ether oxygens (including phenoxy) is 1. The van der Waals surface area contributed by atoms with Crippen LogP contribution in [-0.2, 0) is 10.2 Å². The van der Waals surface area contributed by atoms with E-state index in [0.717, 1.165) is 16.9 Å². The predicted molar refractivity (Wildman–Crippen MR) is 112 cm³/mol. The van der Waals surface area contributed by atoms with Crippen LogP contribution >= 0.6 is 11.6 Å². The Hall–Kier alpha value is -2.53. The number of carbonyl (C=O) groups excluding carboxylic acids is 2. The van der Waals surface area contributed by atoms with Crippen LogP contribution in [0.3, 0.4) is 0 Å². The average molecular weight is 403 g/mol. The Morgan fingerprint density at radius 2 is 1.71 bits per heavy atom. The Morgan fingerprint density at radius 3 is 2.32 bits per heavy atom. The summed E-state index contributed by atoms with van der Waals surface area (Å²) < 4.78 is 5.65. The van der Waals surface area contributed by atoms with Gasteiger partial charge in [0.05, 0.1) is 6.61 Å². The van der Waals surface area contributed by atoms with Gasteiger partial charge in [0.25, 0.3) is 5.91 Å². The van der Waals surface area contributed by atoms with Crippen LogP contribution in [0.15, 0.2) is 42.5 Å². The summed E-state index contributed by atoms with van der Waals surface area (Å²) in [6, 6.07) is 12.8. The van der Waals surface area contributed by atoms with Crippen LogP contribution in [0.4, 0.5) is 0 Å². The fourth-order valence-corrected chi connectivity index (χ4v) is 2.80. The second kappa shape index (κ2) is 9.60. The highest BCUT2D eigenvalue weighted by Crippen LogP contribution is 2.22. The van der Waals surface area contributed by atoms with E-state index in [1.54, 1.807) is 18.2 Å². The number of benzene rings is 2. The molecule has 0 aliphatic heterocycles. The van der Waals surface area contributed by atoms with E-state index in [-0.39, 0.29) is 23.7 Å². The largest absolute Gasteiger partial charge is 0.493 e. The van der Waals surface area contributed by atoms with E-state index in [1.807, 2.05) is 31.2 Å². The minimum Gasteiger partial charge on any atom is -0.493 e. The van der Waals surface area contributed by atoms with Crippen LogP contribution < -0.4 is 15.6 Å². The van der Waals surface area contributed by atoms with Crippen LogP contribution in [0.2, 0.25) is 5.02 Å². The van der Waals surface area contributed by atoms with Gasteiger partial charge < -0.3 is 4.74 Å². The van der Waals surface area contributed by atoms with Crippen molar-refractivity contribution in [2.75, 3.05) is 6.61 Å². The van der Waals surface area contributed by atoms with E-state index in [1.165, 1.54) is 0 Å². The Bertz CT molecular complexity index is 827. The molecule has 0 saturated carbocycles. The zero-order valence-electron chi connectivity index (χ0n) is 16.8. The first-order valence-electron chi connectivity index (χ1n) is 9.25. The van der Waals surface area contributed by atoms with Gasteiger partial charge in [-0.3, -0.25) is 20.4 Å². The summed E-state index contributed by atoms with van der Waals surface area (Å²) in [7, 11) is 0. The zero-order valence-corrected chi connectivity index (χ0v) is 17.5. The molecule has 0 unspecified atom stereocenters. The smallest absolute Gasteiger partial charge is 0.269 e. The third-order valence-electron chi connectivity index (χ3n) is 4.27. The third kappa shape index (κ3) is 6.57. The summed E-state index contributed by atoms with van der Waals surface area (Å²) >= 11 is 5.91. The number of hydrogen-bond donors (Lipinski definition) is 2. The van der Waals surface area contributed by atoms with Crippen LogP contribution in [-0.4, -0.2) is 18.4 Å². The van der Waals surface area contributed by atoms with Crippen molar-refractivity contribution in [2.24, 2.45) is 0 Å². The van der Waals surface area contributed by atoms with E-state index in [0.29, 0.717) is 23.6 Å². The minimum absolute atomic E-state index is 0.0237. The Balaban J connectivity index is 1.71. The predicted octanol–water partition coefficient (Wildman–Crippen LogP) is 4.57. The first kappa shape index (κ1) is 21.8. The molecule has 2 N–H and O–H groups in total. The molecule has 2 rings (SSSR count). The third-order valence-corrected chi connectivity index (χ3v) is 4.51. The molecular weight excluding hydrogens is 376 g/mol. The SMILES string of the molecule is Cc1cc(Cl)ccc1OCCCC(=O)NNC(=O)c1ccc(C(C)(C)C)cc1. The van der Waals surface area contributed by atoms with E-state index >= 15 is 0 Å². The van der Waals surface area contributed by atoms with Crippen molar-refractivity contribution >= 4 is 23.4 Å². The van der Waals surface area contributed by atoms with Gasteiger partial charge in [-0.25, -0.2) is 0 Å². The van der Waals surface area contributed by atoms with Gasteiger partial charge in [-0.15, -0.1) is 0 Å². The van der Waals surface area contributed by atoms with E-state index in [2.05, 4.69) is 31.6 Å². The Kier molecular flexibility index (Phi) is 7.46. The highest BCUT2D eigenvalue weighted by Gasteiger charge is 2.14. The number of hydrazine groups is 1. The summed E-state index contributed by atoms with van der Waals surface area (Å²) in [4.78, 5) is 24.0. The summed E-state index contributed by atoms with van der Waals surface area (Å²) in [5.74, 6) is 0.134. The van der Waals surface area contributed by atoms with Crippen molar-refractivity contribution in [1.82, 2.24) is 10.9 Å². The minimum atomic E-state index is -0.346. The number of hydrogen-bond acceptors (Lipinski definition) is 3. The quantitative estimate of drug-likeness (QED) is 0.549. The van der Waals surface area contributed by atoms with Gasteiger partial charge in [-0.05, 0) is 60.2 Å². The molecule has 0 saturated heterocycles. The van der Waals surface area contributed by atoms with Crippen molar-refractivity contribution in [3.8, 4) is 5.75 Å². The molecular formula is C22H27ClN2O3. The highest BCUT2D eigenvalue weighted by atomic mass is 35.5. The molecule has 2 aromatic rings. The van der Waals surface area contributed by atoms with Gasteiger partial charge in [0, 0.05) is 17.0 Å². The van der Waals surface area contributed by atoms with Crippen molar-refractivity contribution in [3.63, 3.8) is 0 Å². The normalized spacial score (nSPS) is 11.0. The molecule has 28 heavy (non-hydrogen) atoms. The maximum atomic E-state index is 12.1. The van der Waals surface area contributed by atoms with Crippen LogP contribution in [0.1, 0.15) is 55.1 Å². The molecule has 6 heteroatoms. The second-order valence-corrected chi connectivity index (χ2v) is 8.13. The summed E-state index contributed by atoms with van der Waals surface area (Å²) in [6.07, 6.45) is 0.778. The molecule has 2 amide bonds. The molecule has 0 heterocycles. The van der Waals surface area contributed by atoms with Gasteiger partial charge >= 0.3 is 0 Å². The van der Waals surface area contributed by atoms with Gasteiger partial charge in [-0.1, -0.05) is 44.5 Å². The zero-order chi connectivity index (χ0) is 20.7. The first-order valence-corrected chi connectivity index (χ1v) is 9.63. The number of halogens is 1. The molecule has 0 fully saturated rings. The van der Waals surface area contributed by atoms with Crippen LogP contribution in [0.25, 0.3) is 0 Å². The number of carbonyl (C=O) groups is 2. The molecule has 0 bridgehead atoms. The maximum absolute atomic E-state index is 12.1. The summed E-state index contributed by atoms with van der Waals surface area (Å²) in [5.41, 5.74) is 7.48. The molecule has 0 aliphatic carbocycles. The van der Waals surface area contributed by atoms with E-state index < -0.39 is 0 Å². The van der Waals surface area contributed by atoms with Crippen molar-refractivity contribution in [1.29, 1.82) is 0 Å². The lowest BCUT2D eigenvalue weighted by Crippen LogP contribution is -2.41. The van der Waals surface area contributed by atoms with Gasteiger partial charge in [0.1, 0.15) is 5.75 Å². The molecule has 5 nitrogen and oxygen atoms in total. The second-order valence-electron chi connectivity index (χ2n) is 7.69. The fraction of sp³-hybridized carbons (Fsp3) is 0.364. The topological polar surface area (TPSA) is 67.4 Å². The monoisotopic (exact) mass is 402 g/mol. The lowest BCUT2D eigenvalue weighted by atomic mass is 9.87. The average Bonchev–Trinajstić information content (AvgIpc) is 2.64. The van der Waals surface area contributed by atoms with Crippen molar-refractivity contribution in [2.45, 2.75) is 46.0 Å². The molecule has 0 aliphatic rings. The number of nitrogens with one attached hydrogen (secondary N) is 2. The maximum Gasteiger partial charge on any atom is 0.269 e. The fourth-order valence-electron chi connectivity index (χ4n) is 2.57. The molecule has 0 aromatic heterocycles. The summed E-state index contributed by atoms with van der Waals surface area (Å²) in [6.45, 7) is 8.65. The molecule has 2 aromatic carbocycles. The van der Waals surface area contributed by atoms with Gasteiger partial charge in [0.2, 0.25) is 5.91 Å². The molecule has 0 radical (unpaired) electrons. The van der Waals surface area contributed by atoms with Gasteiger partial charge in [0.15, 0.2) is 0 Å².